The highest BCUT2D eigenvalue weighted by molar-refractivity contribution is 5.26. The Morgan fingerprint density at radius 1 is 0.875 bits per heavy atom. The van der Waals surface area contributed by atoms with Crippen LogP contribution in [0.3, 0.4) is 0 Å². The van der Waals surface area contributed by atoms with E-state index in [1.807, 2.05) is 0 Å². The van der Waals surface area contributed by atoms with Crippen molar-refractivity contribution >= 4 is 0 Å². The Bertz CT molecular complexity index is 425. The Kier molecular flexibility index (Phi) is 8.79. The second-order valence-corrected chi connectivity index (χ2v) is 6.90. The molecule has 0 unspecified atom stereocenters. The molecular weight excluding hydrogens is 298 g/mol. The van der Waals surface area contributed by atoms with Gasteiger partial charge in [-0.1, -0.05) is 63.4 Å². The molecule has 0 aromatic heterocycles. The van der Waals surface area contributed by atoms with Crippen molar-refractivity contribution in [2.24, 2.45) is 0 Å². The van der Waals surface area contributed by atoms with Gasteiger partial charge in [-0.3, -0.25) is 0 Å². The summed E-state index contributed by atoms with van der Waals surface area (Å²) in [7, 11) is 0. The maximum atomic E-state index is 6.05. The van der Waals surface area contributed by atoms with Gasteiger partial charge in [0.2, 0.25) is 0 Å². The fraction of sp³-hybridized carbons (Fsp3) is 0.714. The Morgan fingerprint density at radius 2 is 1.54 bits per heavy atom. The lowest BCUT2D eigenvalue weighted by atomic mass is 9.70. The van der Waals surface area contributed by atoms with Crippen LogP contribution in [0, 0.1) is 0 Å². The van der Waals surface area contributed by atoms with Gasteiger partial charge in [-0.2, -0.15) is 0 Å². The summed E-state index contributed by atoms with van der Waals surface area (Å²) in [4.78, 5) is 2.38. The minimum atomic E-state index is 0.223. The van der Waals surface area contributed by atoms with Crippen LogP contribution in [0.2, 0.25) is 0 Å². The average Bonchev–Trinajstić information content (AvgIpc) is 2.65. The van der Waals surface area contributed by atoms with E-state index in [2.05, 4.69) is 49.1 Å². The minimum Gasteiger partial charge on any atom is -0.378 e. The fourth-order valence-corrected chi connectivity index (χ4v) is 3.76. The molecule has 1 saturated carbocycles. The van der Waals surface area contributed by atoms with Crippen molar-refractivity contribution in [1.82, 2.24) is 4.90 Å². The second kappa shape index (κ2) is 10.9. The van der Waals surface area contributed by atoms with Crippen LogP contribution < -0.4 is 0 Å². The monoisotopic (exact) mass is 333 g/mol. The molecular formula is C21H35NO2. The maximum Gasteiger partial charge on any atom is 0.0701 e. The minimum absolute atomic E-state index is 0.223. The van der Waals surface area contributed by atoms with Crippen LogP contribution in [0.4, 0.5) is 0 Å². The van der Waals surface area contributed by atoms with Crippen LogP contribution in [0.5, 0.6) is 0 Å². The van der Waals surface area contributed by atoms with Crippen LogP contribution in [0.1, 0.15) is 51.5 Å². The highest BCUT2D eigenvalue weighted by atomic mass is 16.5. The average molecular weight is 334 g/mol. The lowest BCUT2D eigenvalue weighted by Crippen LogP contribution is -2.35. The van der Waals surface area contributed by atoms with Crippen molar-refractivity contribution in [3.05, 3.63) is 35.9 Å². The van der Waals surface area contributed by atoms with E-state index in [4.69, 9.17) is 9.47 Å². The third kappa shape index (κ3) is 5.87. The largest absolute Gasteiger partial charge is 0.378 e. The van der Waals surface area contributed by atoms with Gasteiger partial charge in [0.25, 0.3) is 0 Å². The first-order valence-corrected chi connectivity index (χ1v) is 9.74. The van der Waals surface area contributed by atoms with E-state index >= 15 is 0 Å². The summed E-state index contributed by atoms with van der Waals surface area (Å²) in [6.07, 6.45) is 6.50. The molecule has 1 aromatic rings. The predicted molar refractivity (Wildman–Crippen MR) is 101 cm³/mol. The van der Waals surface area contributed by atoms with Crippen molar-refractivity contribution < 1.29 is 9.47 Å². The molecule has 1 aromatic carbocycles. The molecule has 136 valence electrons. The van der Waals surface area contributed by atoms with E-state index in [9.17, 15) is 0 Å². The van der Waals surface area contributed by atoms with Crippen molar-refractivity contribution in [2.75, 3.05) is 46.1 Å². The van der Waals surface area contributed by atoms with Gasteiger partial charge < -0.3 is 14.4 Å². The third-order valence-corrected chi connectivity index (χ3v) is 5.39. The third-order valence-electron chi connectivity index (χ3n) is 5.39. The summed E-state index contributed by atoms with van der Waals surface area (Å²) in [5.41, 5.74) is 1.67. The van der Waals surface area contributed by atoms with E-state index < -0.39 is 0 Å². The van der Waals surface area contributed by atoms with Gasteiger partial charge in [0.05, 0.1) is 26.4 Å². The molecule has 1 fully saturated rings. The van der Waals surface area contributed by atoms with E-state index in [0.717, 1.165) is 32.8 Å². The molecule has 3 nitrogen and oxygen atoms in total. The van der Waals surface area contributed by atoms with Crippen LogP contribution >= 0.6 is 0 Å². The quantitative estimate of drug-likeness (QED) is 0.565. The van der Waals surface area contributed by atoms with Crippen molar-refractivity contribution in [3.63, 3.8) is 0 Å². The summed E-state index contributed by atoms with van der Waals surface area (Å²) >= 11 is 0. The van der Waals surface area contributed by atoms with Crippen molar-refractivity contribution in [2.45, 2.75) is 51.4 Å². The molecule has 0 N–H and O–H groups in total. The van der Waals surface area contributed by atoms with Gasteiger partial charge in [0.15, 0.2) is 0 Å². The van der Waals surface area contributed by atoms with Gasteiger partial charge in [-0.05, 0) is 31.5 Å². The normalized spacial score (nSPS) is 17.3. The number of nitrogens with zero attached hydrogens (tertiary/aromatic N) is 1. The number of likely N-dealkylation sites (N-methyl/N-ethyl adjacent to an activating group) is 1. The highest BCUT2D eigenvalue weighted by Crippen LogP contribution is 2.39. The number of hydrogen-bond donors (Lipinski definition) is 0. The topological polar surface area (TPSA) is 21.7 Å². The molecule has 0 spiro atoms. The van der Waals surface area contributed by atoms with Crippen LogP contribution in [0.15, 0.2) is 30.3 Å². The van der Waals surface area contributed by atoms with E-state index in [1.165, 1.54) is 37.7 Å². The smallest absolute Gasteiger partial charge is 0.0701 e. The molecule has 0 aliphatic heterocycles. The van der Waals surface area contributed by atoms with Gasteiger partial charge in [0, 0.05) is 12.0 Å². The molecule has 2 rings (SSSR count). The summed E-state index contributed by atoms with van der Waals surface area (Å²) in [6, 6.07) is 11.0. The second-order valence-electron chi connectivity index (χ2n) is 6.90. The van der Waals surface area contributed by atoms with E-state index in [1.54, 1.807) is 0 Å². The lowest BCUT2D eigenvalue weighted by Gasteiger charge is -2.37. The Morgan fingerprint density at radius 3 is 2.21 bits per heavy atom. The molecule has 0 bridgehead atoms. The Labute approximate surface area is 148 Å². The first kappa shape index (κ1) is 19.4. The van der Waals surface area contributed by atoms with Crippen LogP contribution in [-0.2, 0) is 14.9 Å². The summed E-state index contributed by atoms with van der Waals surface area (Å²) in [6.45, 7) is 10.6. The number of benzene rings is 1. The molecule has 1 aliphatic rings. The molecule has 3 heteroatoms. The first-order chi connectivity index (χ1) is 11.8. The van der Waals surface area contributed by atoms with Crippen LogP contribution in [0.25, 0.3) is 0 Å². The molecule has 0 radical (unpaired) electrons. The molecule has 1 aliphatic carbocycles. The van der Waals surface area contributed by atoms with Gasteiger partial charge in [-0.15, -0.1) is 0 Å². The predicted octanol–water partition coefficient (Wildman–Crippen LogP) is 4.26. The van der Waals surface area contributed by atoms with Crippen molar-refractivity contribution in [1.29, 1.82) is 0 Å². The Hall–Kier alpha value is -0.900. The summed E-state index contributed by atoms with van der Waals surface area (Å²) in [5.74, 6) is 0. The molecule has 0 atom stereocenters. The maximum absolute atomic E-state index is 6.05. The van der Waals surface area contributed by atoms with Gasteiger partial charge in [-0.25, -0.2) is 0 Å². The first-order valence-electron chi connectivity index (χ1n) is 9.74. The fourth-order valence-electron chi connectivity index (χ4n) is 3.76. The zero-order valence-corrected chi connectivity index (χ0v) is 15.6. The van der Waals surface area contributed by atoms with Crippen LogP contribution in [-0.4, -0.2) is 51.0 Å². The number of rotatable bonds is 11. The molecule has 0 saturated heterocycles. The Balaban J connectivity index is 1.70. The molecule has 24 heavy (non-hydrogen) atoms. The zero-order valence-electron chi connectivity index (χ0n) is 15.6. The standard InChI is InChI=1S/C21H35NO2/c1-3-22(4-2)15-16-23-17-18-24-19-21(13-9-6-10-14-21)20-11-7-5-8-12-20/h5,7-8,11-12H,3-4,6,9-10,13-19H2,1-2H3. The lowest BCUT2D eigenvalue weighted by molar-refractivity contribution is 0.0128. The molecule has 0 heterocycles. The van der Waals surface area contributed by atoms with E-state index in [-0.39, 0.29) is 5.41 Å². The summed E-state index contributed by atoms with van der Waals surface area (Å²) in [5, 5.41) is 0. The number of ether oxygens (including phenoxy) is 2. The summed E-state index contributed by atoms with van der Waals surface area (Å²) < 4.78 is 11.8. The SMILES string of the molecule is CCN(CC)CCOCCOCC1(c2ccccc2)CCCCC1. The number of hydrogen-bond acceptors (Lipinski definition) is 3. The van der Waals surface area contributed by atoms with Gasteiger partial charge in [0.1, 0.15) is 0 Å². The molecule has 0 amide bonds. The van der Waals surface area contributed by atoms with Crippen molar-refractivity contribution in [3.8, 4) is 0 Å². The highest BCUT2D eigenvalue weighted by Gasteiger charge is 2.33. The zero-order chi connectivity index (χ0) is 17.1. The van der Waals surface area contributed by atoms with Gasteiger partial charge >= 0.3 is 0 Å². The van der Waals surface area contributed by atoms with E-state index in [0.29, 0.717) is 13.2 Å².